The molecule has 1 aromatic carbocycles. The van der Waals surface area contributed by atoms with E-state index in [4.69, 9.17) is 4.74 Å². The van der Waals surface area contributed by atoms with Crippen LogP contribution in [0.5, 0.6) is 0 Å². The quantitative estimate of drug-likeness (QED) is 0.659. The van der Waals surface area contributed by atoms with Crippen molar-refractivity contribution in [3.63, 3.8) is 0 Å². The Morgan fingerprint density at radius 3 is 2.42 bits per heavy atom. The van der Waals surface area contributed by atoms with Crippen molar-refractivity contribution in [2.75, 3.05) is 26.2 Å². The predicted molar refractivity (Wildman–Crippen MR) is 83.7 cm³/mol. The highest BCUT2D eigenvalue weighted by Crippen LogP contribution is 2.14. The largest absolute Gasteiger partial charge is 0.378 e. The maximum atomic E-state index is 13.4. The Balaban J connectivity index is 1.60. The van der Waals surface area contributed by atoms with E-state index in [0.717, 1.165) is 38.0 Å². The van der Waals surface area contributed by atoms with Gasteiger partial charge in [-0.25, -0.2) is 13.6 Å². The van der Waals surface area contributed by atoms with Gasteiger partial charge in [0.2, 0.25) is 0 Å². The summed E-state index contributed by atoms with van der Waals surface area (Å²) < 4.78 is 32.3. The van der Waals surface area contributed by atoms with Gasteiger partial charge in [-0.2, -0.15) is 0 Å². The predicted octanol–water partition coefficient (Wildman–Crippen LogP) is 1.56. The molecular weight excluding hydrogens is 320 g/mol. The van der Waals surface area contributed by atoms with E-state index in [1.165, 1.54) is 6.07 Å². The van der Waals surface area contributed by atoms with Crippen molar-refractivity contribution in [2.45, 2.75) is 25.4 Å². The van der Waals surface area contributed by atoms with Crippen molar-refractivity contribution in [1.29, 1.82) is 0 Å². The molecular formula is C16H21F2N3O3. The number of benzene rings is 1. The van der Waals surface area contributed by atoms with E-state index < -0.39 is 23.1 Å². The third kappa shape index (κ3) is 5.45. The molecule has 2 rings (SSSR count). The molecule has 0 radical (unpaired) electrons. The van der Waals surface area contributed by atoms with Crippen molar-refractivity contribution in [1.82, 2.24) is 16.0 Å². The van der Waals surface area contributed by atoms with Crippen LogP contribution >= 0.6 is 0 Å². The molecule has 0 bridgehead atoms. The smallest absolute Gasteiger partial charge is 0.314 e. The van der Waals surface area contributed by atoms with Crippen LogP contribution in [0.2, 0.25) is 0 Å². The van der Waals surface area contributed by atoms with Gasteiger partial charge in [0.05, 0.1) is 6.10 Å². The van der Waals surface area contributed by atoms with Crippen LogP contribution in [0.25, 0.3) is 0 Å². The first-order valence-electron chi connectivity index (χ1n) is 7.93. The fraction of sp³-hybridized carbons (Fsp3) is 0.500. The Morgan fingerprint density at radius 2 is 1.75 bits per heavy atom. The highest BCUT2D eigenvalue weighted by atomic mass is 19.1. The van der Waals surface area contributed by atoms with Gasteiger partial charge >= 0.3 is 6.03 Å². The summed E-state index contributed by atoms with van der Waals surface area (Å²) in [5, 5.41) is 7.59. The summed E-state index contributed by atoms with van der Waals surface area (Å²) in [5.41, 5.74) is -0.626. The molecule has 1 fully saturated rings. The van der Waals surface area contributed by atoms with Gasteiger partial charge in [-0.1, -0.05) is 6.07 Å². The van der Waals surface area contributed by atoms with Crippen molar-refractivity contribution < 1.29 is 23.1 Å². The molecule has 3 amide bonds. The summed E-state index contributed by atoms with van der Waals surface area (Å²) in [6.07, 6.45) is 3.04. The first-order chi connectivity index (χ1) is 11.6. The lowest BCUT2D eigenvalue weighted by molar-refractivity contribution is 0.0945. The minimum atomic E-state index is -0.924. The van der Waals surface area contributed by atoms with Gasteiger partial charge in [0.1, 0.15) is 17.2 Å². The first kappa shape index (κ1) is 18.1. The second-order valence-electron chi connectivity index (χ2n) is 5.46. The lowest BCUT2D eigenvalue weighted by Crippen LogP contribution is -2.41. The lowest BCUT2D eigenvalue weighted by atomic mass is 10.2. The average Bonchev–Trinajstić information content (AvgIpc) is 3.05. The van der Waals surface area contributed by atoms with Crippen LogP contribution in [0.1, 0.15) is 29.6 Å². The molecule has 0 aromatic heterocycles. The number of hydrogen-bond donors (Lipinski definition) is 3. The Kier molecular flexibility index (Phi) is 6.92. The molecule has 0 aliphatic carbocycles. The number of carbonyl (C=O) groups is 2. The van der Waals surface area contributed by atoms with Crippen molar-refractivity contribution in [2.24, 2.45) is 0 Å². The summed E-state index contributed by atoms with van der Waals surface area (Å²) in [4.78, 5) is 23.3. The number of urea groups is 1. The Labute approximate surface area is 138 Å². The molecule has 1 saturated heterocycles. The molecule has 24 heavy (non-hydrogen) atoms. The van der Waals surface area contributed by atoms with Crippen LogP contribution in [0.3, 0.4) is 0 Å². The zero-order valence-electron chi connectivity index (χ0n) is 13.2. The fourth-order valence-electron chi connectivity index (χ4n) is 2.44. The minimum Gasteiger partial charge on any atom is -0.378 e. The molecule has 1 heterocycles. The molecule has 0 spiro atoms. The highest BCUT2D eigenvalue weighted by Gasteiger charge is 2.17. The van der Waals surface area contributed by atoms with Gasteiger partial charge in [0, 0.05) is 26.2 Å². The molecule has 1 atom stereocenters. The van der Waals surface area contributed by atoms with Crippen molar-refractivity contribution in [3.8, 4) is 0 Å². The van der Waals surface area contributed by atoms with Gasteiger partial charge in [0.25, 0.3) is 5.91 Å². The average molecular weight is 341 g/mol. The minimum absolute atomic E-state index is 0.0613. The van der Waals surface area contributed by atoms with Crippen LogP contribution in [-0.2, 0) is 4.74 Å². The maximum Gasteiger partial charge on any atom is 0.314 e. The fourth-order valence-corrected chi connectivity index (χ4v) is 2.44. The number of amides is 3. The summed E-state index contributed by atoms with van der Waals surface area (Å²) in [5.74, 6) is -2.70. The molecule has 8 heteroatoms. The van der Waals surface area contributed by atoms with E-state index in [0.29, 0.717) is 6.54 Å². The third-order valence-corrected chi connectivity index (χ3v) is 3.66. The van der Waals surface area contributed by atoms with Crippen LogP contribution in [0.4, 0.5) is 13.6 Å². The van der Waals surface area contributed by atoms with E-state index in [-0.39, 0.29) is 25.2 Å². The van der Waals surface area contributed by atoms with Crippen LogP contribution in [0.15, 0.2) is 18.2 Å². The number of rotatable bonds is 7. The molecule has 0 unspecified atom stereocenters. The summed E-state index contributed by atoms with van der Waals surface area (Å²) in [6, 6.07) is 2.85. The number of hydrogen-bond acceptors (Lipinski definition) is 3. The van der Waals surface area contributed by atoms with Crippen LogP contribution in [-0.4, -0.2) is 44.3 Å². The van der Waals surface area contributed by atoms with Gasteiger partial charge in [-0.05, 0) is 31.4 Å². The first-order valence-corrected chi connectivity index (χ1v) is 7.93. The van der Waals surface area contributed by atoms with E-state index >= 15 is 0 Å². The Morgan fingerprint density at radius 1 is 1.08 bits per heavy atom. The molecule has 3 N–H and O–H groups in total. The number of ether oxygens (including phenoxy) is 1. The van der Waals surface area contributed by atoms with Gasteiger partial charge in [-0.3, -0.25) is 4.79 Å². The SMILES string of the molecule is O=C(NCCNC(=O)c1c(F)cccc1F)NCC[C@H]1CCCO1. The second-order valence-corrected chi connectivity index (χ2v) is 5.46. The summed E-state index contributed by atoms with van der Waals surface area (Å²) in [7, 11) is 0. The zero-order valence-corrected chi connectivity index (χ0v) is 13.2. The van der Waals surface area contributed by atoms with Gasteiger partial charge in [-0.15, -0.1) is 0 Å². The molecule has 0 saturated carbocycles. The molecule has 1 aliphatic rings. The lowest BCUT2D eigenvalue weighted by Gasteiger charge is -2.11. The number of carbonyl (C=O) groups excluding carboxylic acids is 2. The Hall–Kier alpha value is -2.22. The second kappa shape index (κ2) is 9.17. The summed E-state index contributed by atoms with van der Waals surface area (Å²) in [6.45, 7) is 1.49. The van der Waals surface area contributed by atoms with Crippen molar-refractivity contribution in [3.05, 3.63) is 35.4 Å². The number of nitrogens with one attached hydrogen (secondary N) is 3. The van der Waals surface area contributed by atoms with Crippen molar-refractivity contribution >= 4 is 11.9 Å². The monoisotopic (exact) mass is 341 g/mol. The van der Waals surface area contributed by atoms with Gasteiger partial charge in [0.15, 0.2) is 0 Å². The number of halogens is 2. The molecule has 1 aliphatic heterocycles. The Bertz CT molecular complexity index is 557. The highest BCUT2D eigenvalue weighted by molar-refractivity contribution is 5.94. The van der Waals surface area contributed by atoms with Gasteiger partial charge < -0.3 is 20.7 Å². The van der Waals surface area contributed by atoms with Crippen LogP contribution < -0.4 is 16.0 Å². The van der Waals surface area contributed by atoms with E-state index in [1.807, 2.05) is 0 Å². The molecule has 132 valence electrons. The van der Waals surface area contributed by atoms with E-state index in [2.05, 4.69) is 16.0 Å². The zero-order chi connectivity index (χ0) is 17.4. The van der Waals surface area contributed by atoms with E-state index in [9.17, 15) is 18.4 Å². The summed E-state index contributed by atoms with van der Waals surface area (Å²) >= 11 is 0. The standard InChI is InChI=1S/C16H21F2N3O3/c17-12-4-1-5-13(18)14(12)15(22)19-8-9-21-16(23)20-7-6-11-3-2-10-24-11/h1,4-5,11H,2-3,6-10H2,(H,19,22)(H2,20,21,23)/t11-/m1/s1. The van der Waals surface area contributed by atoms with E-state index in [1.54, 1.807) is 0 Å². The molecule has 6 nitrogen and oxygen atoms in total. The third-order valence-electron chi connectivity index (χ3n) is 3.66. The normalized spacial score (nSPS) is 16.7. The maximum absolute atomic E-state index is 13.4. The topological polar surface area (TPSA) is 79.5 Å². The molecule has 1 aromatic rings. The van der Waals surface area contributed by atoms with Crippen LogP contribution in [0, 0.1) is 11.6 Å².